The van der Waals surface area contributed by atoms with Crippen LogP contribution in [-0.4, -0.2) is 32.9 Å². The quantitative estimate of drug-likeness (QED) is 0.560. The fraction of sp³-hybridized carbons (Fsp3) is 0.381. The molecule has 3 nitrogen and oxygen atoms in total. The van der Waals surface area contributed by atoms with E-state index in [1.807, 2.05) is 42.7 Å². The Hall–Kier alpha value is -1.55. The minimum absolute atomic E-state index is 0.191. The van der Waals surface area contributed by atoms with E-state index in [4.69, 9.17) is 17.2 Å². The molecule has 0 aromatic heterocycles. The van der Waals surface area contributed by atoms with E-state index < -0.39 is 0 Å². The lowest BCUT2D eigenvalue weighted by Gasteiger charge is -2.43. The molecule has 0 spiro atoms. The molecule has 0 aliphatic carbocycles. The molecule has 1 saturated heterocycles. The molecule has 2 aromatic rings. The summed E-state index contributed by atoms with van der Waals surface area (Å²) in [5.41, 5.74) is 1.75. The van der Waals surface area contributed by atoms with Crippen LogP contribution in [0.1, 0.15) is 26.3 Å². The predicted molar refractivity (Wildman–Crippen MR) is 124 cm³/mol. The van der Waals surface area contributed by atoms with Gasteiger partial charge in [-0.1, -0.05) is 80.8 Å². The van der Waals surface area contributed by atoms with Gasteiger partial charge in [0.1, 0.15) is 4.32 Å². The highest BCUT2D eigenvalue weighted by molar-refractivity contribution is 8.23. The standard InChI is InChI=1S/C21H23N3S3/c1-14(2)21(3)12-24(20(25)26-4)19(27-13-21)23-18-10-9-15(11-22)16-7-5-6-8-17(16)18/h5-10,14H,12-13H2,1-4H3. The molecule has 3 rings (SSSR count). The second-order valence-corrected chi connectivity index (χ2v) is 9.72. The largest absolute Gasteiger partial charge is 0.306 e. The first-order valence-electron chi connectivity index (χ1n) is 8.88. The van der Waals surface area contributed by atoms with E-state index in [-0.39, 0.29) is 5.41 Å². The lowest BCUT2D eigenvalue weighted by Crippen LogP contribution is -2.49. The second-order valence-electron chi connectivity index (χ2n) is 7.34. The Morgan fingerprint density at radius 2 is 2.00 bits per heavy atom. The van der Waals surface area contributed by atoms with Gasteiger partial charge in [0, 0.05) is 23.1 Å². The van der Waals surface area contributed by atoms with E-state index in [1.165, 1.54) is 0 Å². The zero-order chi connectivity index (χ0) is 19.6. The number of thiocarbonyl (C=S) groups is 1. The average molecular weight is 414 g/mol. The van der Waals surface area contributed by atoms with Crippen LogP contribution >= 0.6 is 35.7 Å². The van der Waals surface area contributed by atoms with Gasteiger partial charge in [-0.05, 0) is 29.7 Å². The molecule has 1 unspecified atom stereocenters. The van der Waals surface area contributed by atoms with Gasteiger partial charge in [-0.2, -0.15) is 5.26 Å². The summed E-state index contributed by atoms with van der Waals surface area (Å²) in [6.07, 6.45) is 2.02. The number of nitriles is 1. The Bertz CT molecular complexity index is 945. The van der Waals surface area contributed by atoms with Crippen LogP contribution in [0.15, 0.2) is 41.4 Å². The van der Waals surface area contributed by atoms with Crippen molar-refractivity contribution in [3.05, 3.63) is 42.0 Å². The molecule has 140 valence electrons. The van der Waals surface area contributed by atoms with Crippen molar-refractivity contribution in [1.29, 1.82) is 5.26 Å². The third-order valence-electron chi connectivity index (χ3n) is 5.31. The first-order valence-corrected chi connectivity index (χ1v) is 11.5. The normalized spacial score (nSPS) is 21.6. The van der Waals surface area contributed by atoms with Gasteiger partial charge in [0.2, 0.25) is 0 Å². The van der Waals surface area contributed by atoms with Crippen molar-refractivity contribution < 1.29 is 0 Å². The minimum atomic E-state index is 0.191. The topological polar surface area (TPSA) is 39.4 Å². The molecule has 0 radical (unpaired) electrons. The van der Waals surface area contributed by atoms with Crippen LogP contribution in [0, 0.1) is 22.7 Å². The number of hydrogen-bond acceptors (Lipinski definition) is 5. The molecule has 1 heterocycles. The number of aliphatic imine (C=N–C) groups is 1. The Morgan fingerprint density at radius 1 is 1.30 bits per heavy atom. The predicted octanol–water partition coefficient (Wildman–Crippen LogP) is 6.06. The molecule has 0 saturated carbocycles. The molecular weight excluding hydrogens is 390 g/mol. The Labute approximate surface area is 175 Å². The summed E-state index contributed by atoms with van der Waals surface area (Å²) in [6.45, 7) is 7.76. The molecule has 0 amide bonds. The molecule has 6 heteroatoms. The van der Waals surface area contributed by atoms with Crippen molar-refractivity contribution in [2.75, 3.05) is 18.6 Å². The molecule has 1 aliphatic rings. The van der Waals surface area contributed by atoms with Crippen LogP contribution < -0.4 is 0 Å². The van der Waals surface area contributed by atoms with Gasteiger partial charge in [0.05, 0.1) is 17.3 Å². The summed E-state index contributed by atoms with van der Waals surface area (Å²) in [6, 6.07) is 14.0. The van der Waals surface area contributed by atoms with Crippen molar-refractivity contribution in [1.82, 2.24) is 4.90 Å². The van der Waals surface area contributed by atoms with Crippen LogP contribution in [0.25, 0.3) is 10.8 Å². The van der Waals surface area contributed by atoms with E-state index in [1.54, 1.807) is 23.5 Å². The van der Waals surface area contributed by atoms with E-state index >= 15 is 0 Å². The van der Waals surface area contributed by atoms with Gasteiger partial charge in [0.15, 0.2) is 5.17 Å². The molecule has 1 atom stereocenters. The van der Waals surface area contributed by atoms with Gasteiger partial charge < -0.3 is 4.90 Å². The summed E-state index contributed by atoms with van der Waals surface area (Å²) >= 11 is 9.01. The lowest BCUT2D eigenvalue weighted by molar-refractivity contribution is 0.221. The summed E-state index contributed by atoms with van der Waals surface area (Å²) < 4.78 is 0.853. The van der Waals surface area contributed by atoms with E-state index in [0.717, 1.165) is 38.2 Å². The van der Waals surface area contributed by atoms with Gasteiger partial charge in [-0.25, -0.2) is 4.99 Å². The lowest BCUT2D eigenvalue weighted by atomic mass is 9.80. The molecule has 0 bridgehead atoms. The van der Waals surface area contributed by atoms with Gasteiger partial charge >= 0.3 is 0 Å². The minimum Gasteiger partial charge on any atom is -0.306 e. The molecule has 2 aromatic carbocycles. The second kappa shape index (κ2) is 8.22. The van der Waals surface area contributed by atoms with Gasteiger partial charge in [-0.3, -0.25) is 0 Å². The van der Waals surface area contributed by atoms with Gasteiger partial charge in [-0.15, -0.1) is 0 Å². The zero-order valence-electron chi connectivity index (χ0n) is 16.0. The zero-order valence-corrected chi connectivity index (χ0v) is 18.5. The molecule has 0 N–H and O–H groups in total. The van der Waals surface area contributed by atoms with E-state index in [2.05, 4.69) is 31.7 Å². The summed E-state index contributed by atoms with van der Waals surface area (Å²) in [7, 11) is 0. The van der Waals surface area contributed by atoms with E-state index in [0.29, 0.717) is 11.5 Å². The molecule has 1 aliphatic heterocycles. The SMILES string of the molecule is CSC(=S)N1CC(C)(C(C)C)CSC1=Nc1ccc(C#N)c2ccccc12. The summed E-state index contributed by atoms with van der Waals surface area (Å²) in [4.78, 5) is 7.17. The first-order chi connectivity index (χ1) is 12.9. The monoisotopic (exact) mass is 413 g/mol. The first kappa shape index (κ1) is 20.2. The Morgan fingerprint density at radius 3 is 2.63 bits per heavy atom. The van der Waals surface area contributed by atoms with Crippen molar-refractivity contribution in [3.8, 4) is 6.07 Å². The highest BCUT2D eigenvalue weighted by atomic mass is 32.2. The van der Waals surface area contributed by atoms with Crippen molar-refractivity contribution in [2.24, 2.45) is 16.3 Å². The Balaban J connectivity index is 2.07. The van der Waals surface area contributed by atoms with Crippen molar-refractivity contribution in [2.45, 2.75) is 20.8 Å². The van der Waals surface area contributed by atoms with Gasteiger partial charge in [0.25, 0.3) is 0 Å². The van der Waals surface area contributed by atoms with Crippen LogP contribution in [0.2, 0.25) is 0 Å². The number of nitrogens with zero attached hydrogens (tertiary/aromatic N) is 3. The van der Waals surface area contributed by atoms with Crippen molar-refractivity contribution in [3.63, 3.8) is 0 Å². The fourth-order valence-electron chi connectivity index (χ4n) is 3.06. The Kier molecular flexibility index (Phi) is 6.15. The number of amidine groups is 1. The molecular formula is C21H23N3S3. The smallest absolute Gasteiger partial charge is 0.169 e. The number of thioether (sulfide) groups is 2. The van der Waals surface area contributed by atoms with Crippen LogP contribution in [0.4, 0.5) is 5.69 Å². The van der Waals surface area contributed by atoms with Crippen molar-refractivity contribution >= 4 is 61.7 Å². The third kappa shape index (κ3) is 4.01. The number of benzene rings is 2. The number of fused-ring (bicyclic) bond motifs is 1. The average Bonchev–Trinajstić information content (AvgIpc) is 2.68. The summed E-state index contributed by atoms with van der Waals surface area (Å²) in [5, 5.41) is 12.3. The highest BCUT2D eigenvalue weighted by Gasteiger charge is 2.38. The maximum atomic E-state index is 9.39. The number of hydrogen-bond donors (Lipinski definition) is 0. The highest BCUT2D eigenvalue weighted by Crippen LogP contribution is 2.40. The third-order valence-corrected chi connectivity index (χ3v) is 7.97. The number of rotatable bonds is 2. The van der Waals surface area contributed by atoms with Crippen LogP contribution in [0.5, 0.6) is 0 Å². The molecule has 1 fully saturated rings. The van der Waals surface area contributed by atoms with E-state index in [9.17, 15) is 5.26 Å². The van der Waals surface area contributed by atoms with Crippen LogP contribution in [0.3, 0.4) is 0 Å². The molecule has 27 heavy (non-hydrogen) atoms. The fourth-order valence-corrected chi connectivity index (χ4v) is 5.05. The summed E-state index contributed by atoms with van der Waals surface area (Å²) in [5.74, 6) is 1.58. The van der Waals surface area contributed by atoms with Crippen LogP contribution in [-0.2, 0) is 0 Å². The maximum absolute atomic E-state index is 9.39. The maximum Gasteiger partial charge on any atom is 0.169 e.